The second-order valence-corrected chi connectivity index (χ2v) is 11.3. The molecular formula is C30H35N3O4. The number of rotatable bonds is 4. The number of carbonyl (C=O) groups is 2. The van der Waals surface area contributed by atoms with E-state index in [1.54, 1.807) is 0 Å². The molecule has 37 heavy (non-hydrogen) atoms. The summed E-state index contributed by atoms with van der Waals surface area (Å²) >= 11 is 0. The van der Waals surface area contributed by atoms with Gasteiger partial charge in [0.2, 0.25) is 11.8 Å². The number of nitrogens with one attached hydrogen (secondary N) is 2. The third-order valence-corrected chi connectivity index (χ3v) is 8.49. The minimum absolute atomic E-state index is 0.0115. The van der Waals surface area contributed by atoms with E-state index in [1.165, 1.54) is 6.92 Å². The molecule has 0 bridgehead atoms. The molecule has 0 aliphatic carbocycles. The van der Waals surface area contributed by atoms with E-state index in [4.69, 9.17) is 9.47 Å². The highest BCUT2D eigenvalue weighted by molar-refractivity contribution is 5.89. The lowest BCUT2D eigenvalue weighted by Gasteiger charge is -2.53. The van der Waals surface area contributed by atoms with Crippen LogP contribution in [0.5, 0.6) is 5.75 Å². The fourth-order valence-corrected chi connectivity index (χ4v) is 6.64. The van der Waals surface area contributed by atoms with Gasteiger partial charge in [0, 0.05) is 60.9 Å². The van der Waals surface area contributed by atoms with Crippen molar-refractivity contribution < 1.29 is 19.1 Å². The molecule has 2 fully saturated rings. The Morgan fingerprint density at radius 3 is 2.78 bits per heavy atom. The maximum absolute atomic E-state index is 13.8. The number of carbonyl (C=O) groups excluding carboxylic acids is 2. The van der Waals surface area contributed by atoms with E-state index in [1.807, 2.05) is 53.6 Å². The number of hydrogen-bond acceptors (Lipinski definition) is 4. The van der Waals surface area contributed by atoms with Gasteiger partial charge in [-0.15, -0.1) is 0 Å². The standard InChI is InChI=1S/C30H35N3O4/c1-18(34)32-25(15-19-16-31-24-10-6-4-8-21(19)24)29(35)33-13-12-26-20(17-33)14-23-28(36-26)22-9-5-7-11-27(22)37-30(23,2)3/h4-11,16,20,23,25-26,28,31H,12-15,17H2,1-3H3,(H,32,34)/t20-,23+,25+,26+,28-/m0/s1. The summed E-state index contributed by atoms with van der Waals surface area (Å²) in [5, 5.41) is 4.01. The van der Waals surface area contributed by atoms with Crippen molar-refractivity contribution in [3.05, 3.63) is 65.9 Å². The number of hydrogen-bond donors (Lipinski definition) is 2. The van der Waals surface area contributed by atoms with Crippen LogP contribution in [0.25, 0.3) is 10.9 Å². The van der Waals surface area contributed by atoms with E-state index in [-0.39, 0.29) is 41.5 Å². The predicted molar refractivity (Wildman–Crippen MR) is 141 cm³/mol. The summed E-state index contributed by atoms with van der Waals surface area (Å²) in [7, 11) is 0. The highest BCUT2D eigenvalue weighted by Crippen LogP contribution is 2.52. The summed E-state index contributed by atoms with van der Waals surface area (Å²) in [4.78, 5) is 31.1. The zero-order valence-corrected chi connectivity index (χ0v) is 21.7. The second kappa shape index (κ2) is 9.21. The topological polar surface area (TPSA) is 83.7 Å². The normalized spacial score (nSPS) is 26.8. The average Bonchev–Trinajstić information content (AvgIpc) is 3.29. The van der Waals surface area contributed by atoms with Crippen molar-refractivity contribution in [2.45, 2.75) is 63.9 Å². The van der Waals surface area contributed by atoms with Crippen LogP contribution in [0.1, 0.15) is 50.8 Å². The summed E-state index contributed by atoms with van der Waals surface area (Å²) in [5.41, 5.74) is 2.83. The van der Waals surface area contributed by atoms with E-state index in [2.05, 4.69) is 30.2 Å². The number of H-pyrrole nitrogens is 1. The number of amides is 2. The van der Waals surface area contributed by atoms with Crippen LogP contribution < -0.4 is 10.1 Å². The number of nitrogens with zero attached hydrogens (tertiary/aromatic N) is 1. The van der Waals surface area contributed by atoms with Crippen LogP contribution in [0.3, 0.4) is 0 Å². The molecule has 4 heterocycles. The van der Waals surface area contributed by atoms with Crippen LogP contribution in [-0.2, 0) is 20.7 Å². The van der Waals surface area contributed by atoms with Crippen molar-refractivity contribution in [3.8, 4) is 5.75 Å². The first-order chi connectivity index (χ1) is 17.8. The average molecular weight is 502 g/mol. The van der Waals surface area contributed by atoms with Crippen LogP contribution >= 0.6 is 0 Å². The van der Waals surface area contributed by atoms with Crippen LogP contribution in [-0.4, -0.2) is 52.5 Å². The Morgan fingerprint density at radius 2 is 1.95 bits per heavy atom. The Balaban J connectivity index is 1.20. The molecule has 2 N–H and O–H groups in total. The molecular weight excluding hydrogens is 466 g/mol. The second-order valence-electron chi connectivity index (χ2n) is 11.3. The zero-order valence-electron chi connectivity index (χ0n) is 21.7. The Hall–Kier alpha value is -3.32. The molecule has 7 nitrogen and oxygen atoms in total. The molecule has 6 rings (SSSR count). The first-order valence-corrected chi connectivity index (χ1v) is 13.3. The lowest BCUT2D eigenvalue weighted by atomic mass is 9.70. The molecule has 0 spiro atoms. The van der Waals surface area contributed by atoms with Crippen molar-refractivity contribution in [2.24, 2.45) is 11.8 Å². The van der Waals surface area contributed by atoms with Gasteiger partial charge in [-0.2, -0.15) is 0 Å². The molecule has 5 atom stereocenters. The van der Waals surface area contributed by atoms with Gasteiger partial charge in [-0.3, -0.25) is 9.59 Å². The maximum atomic E-state index is 13.8. The van der Waals surface area contributed by atoms with Gasteiger partial charge in [-0.05, 0) is 44.4 Å². The first-order valence-electron chi connectivity index (χ1n) is 13.3. The Kier molecular flexibility index (Phi) is 5.98. The zero-order chi connectivity index (χ0) is 25.7. The third-order valence-electron chi connectivity index (χ3n) is 8.49. The highest BCUT2D eigenvalue weighted by Gasteiger charge is 2.51. The van der Waals surface area contributed by atoms with Gasteiger partial charge >= 0.3 is 0 Å². The van der Waals surface area contributed by atoms with E-state index in [9.17, 15) is 9.59 Å². The largest absolute Gasteiger partial charge is 0.487 e. The number of ether oxygens (including phenoxy) is 2. The summed E-state index contributed by atoms with van der Waals surface area (Å²) in [5.74, 6) is 1.13. The maximum Gasteiger partial charge on any atom is 0.245 e. The molecule has 1 aromatic heterocycles. The quantitative estimate of drug-likeness (QED) is 0.556. The number of likely N-dealkylation sites (tertiary alicyclic amines) is 1. The summed E-state index contributed by atoms with van der Waals surface area (Å²) < 4.78 is 13.2. The van der Waals surface area contributed by atoms with E-state index in [0.29, 0.717) is 19.5 Å². The Morgan fingerprint density at radius 1 is 1.16 bits per heavy atom. The summed E-state index contributed by atoms with van der Waals surface area (Å²) in [6, 6.07) is 15.6. The fraction of sp³-hybridized carbons (Fsp3) is 0.467. The molecule has 3 aliphatic rings. The van der Waals surface area contributed by atoms with Crippen LogP contribution in [0.4, 0.5) is 0 Å². The molecule has 3 aromatic rings. The lowest BCUT2D eigenvalue weighted by Crippen LogP contribution is -2.58. The minimum Gasteiger partial charge on any atom is -0.487 e. The van der Waals surface area contributed by atoms with Crippen LogP contribution in [0.2, 0.25) is 0 Å². The number of benzene rings is 2. The molecule has 2 aromatic carbocycles. The van der Waals surface area contributed by atoms with Gasteiger partial charge in [0.25, 0.3) is 0 Å². The van der Waals surface area contributed by atoms with E-state index >= 15 is 0 Å². The molecule has 3 aliphatic heterocycles. The number of para-hydroxylation sites is 2. The number of fused-ring (bicyclic) bond motifs is 5. The van der Waals surface area contributed by atoms with Gasteiger partial charge in [-0.1, -0.05) is 36.4 Å². The smallest absolute Gasteiger partial charge is 0.245 e. The van der Waals surface area contributed by atoms with Crippen LogP contribution in [0.15, 0.2) is 54.7 Å². The van der Waals surface area contributed by atoms with Crippen molar-refractivity contribution in [2.75, 3.05) is 13.1 Å². The molecule has 0 unspecified atom stereocenters. The number of aromatic amines is 1. The molecule has 7 heteroatoms. The SMILES string of the molecule is CC(=O)N[C@H](Cc1c[nH]c2ccccc12)C(=O)N1CC[C@H]2O[C@H]3c4ccccc4OC(C)(C)[C@@H]3C[C@H]2C1. The molecule has 0 radical (unpaired) electrons. The molecule has 194 valence electrons. The van der Waals surface area contributed by atoms with Gasteiger partial charge in [0.1, 0.15) is 17.4 Å². The van der Waals surface area contributed by atoms with Gasteiger partial charge in [0.15, 0.2) is 0 Å². The summed E-state index contributed by atoms with van der Waals surface area (Å²) in [6.45, 7) is 7.02. The number of piperidine rings is 1. The molecule has 2 saturated heterocycles. The monoisotopic (exact) mass is 501 g/mol. The van der Waals surface area contributed by atoms with Crippen molar-refractivity contribution in [1.29, 1.82) is 0 Å². The Bertz CT molecular complexity index is 1330. The Labute approximate surface area is 217 Å². The van der Waals surface area contributed by atoms with Crippen LogP contribution in [0, 0.1) is 11.8 Å². The van der Waals surface area contributed by atoms with E-state index < -0.39 is 6.04 Å². The predicted octanol–water partition coefficient (Wildman–Crippen LogP) is 4.38. The van der Waals surface area contributed by atoms with Crippen molar-refractivity contribution in [1.82, 2.24) is 15.2 Å². The minimum atomic E-state index is -0.605. The van der Waals surface area contributed by atoms with Gasteiger partial charge in [0.05, 0.1) is 12.2 Å². The van der Waals surface area contributed by atoms with Crippen molar-refractivity contribution >= 4 is 22.7 Å². The summed E-state index contributed by atoms with van der Waals surface area (Å²) in [6.07, 6.45) is 4.25. The van der Waals surface area contributed by atoms with Gasteiger partial charge < -0.3 is 24.7 Å². The number of aromatic nitrogens is 1. The fourth-order valence-electron chi connectivity index (χ4n) is 6.64. The first kappa shape index (κ1) is 24.0. The highest BCUT2D eigenvalue weighted by atomic mass is 16.5. The third kappa shape index (κ3) is 4.39. The van der Waals surface area contributed by atoms with Crippen molar-refractivity contribution in [3.63, 3.8) is 0 Å². The van der Waals surface area contributed by atoms with E-state index in [0.717, 1.165) is 40.6 Å². The molecule has 0 saturated carbocycles. The molecule has 2 amide bonds. The van der Waals surface area contributed by atoms with Gasteiger partial charge in [-0.25, -0.2) is 0 Å². The lowest BCUT2D eigenvalue weighted by molar-refractivity contribution is -0.189.